The van der Waals surface area contributed by atoms with Crippen molar-refractivity contribution in [2.45, 2.75) is 69.9 Å². The highest BCUT2D eigenvalue weighted by atomic mass is 35.5. The van der Waals surface area contributed by atoms with Crippen LogP contribution in [0, 0.1) is 11.3 Å². The zero-order chi connectivity index (χ0) is 28.6. The van der Waals surface area contributed by atoms with E-state index in [-0.39, 0.29) is 29.9 Å². The van der Waals surface area contributed by atoms with Crippen LogP contribution in [0.15, 0.2) is 48.5 Å². The molecular formula is C29H36Cl2N2O5S. The fraction of sp³-hybridized carbons (Fsp3) is 0.517. The molecule has 2 aromatic carbocycles. The van der Waals surface area contributed by atoms with Gasteiger partial charge in [-0.2, -0.15) is 4.31 Å². The average molecular weight is 596 g/mol. The van der Waals surface area contributed by atoms with Crippen LogP contribution in [0.25, 0.3) is 0 Å². The van der Waals surface area contributed by atoms with Crippen LogP contribution >= 0.6 is 23.2 Å². The molecule has 4 atom stereocenters. The molecule has 1 aliphatic heterocycles. The Morgan fingerprint density at radius 3 is 2.33 bits per heavy atom. The van der Waals surface area contributed by atoms with E-state index in [0.29, 0.717) is 29.3 Å². The van der Waals surface area contributed by atoms with Crippen LogP contribution in [0.1, 0.15) is 69.4 Å². The van der Waals surface area contributed by atoms with Crippen molar-refractivity contribution < 1.29 is 23.1 Å². The van der Waals surface area contributed by atoms with Gasteiger partial charge in [0.05, 0.1) is 23.1 Å². The van der Waals surface area contributed by atoms with E-state index in [4.69, 9.17) is 23.2 Å². The first-order valence-electron chi connectivity index (χ1n) is 13.4. The highest BCUT2D eigenvalue weighted by Crippen LogP contribution is 2.55. The summed E-state index contributed by atoms with van der Waals surface area (Å²) in [5.74, 6) is -1.62. The first-order chi connectivity index (χ1) is 18.4. The average Bonchev–Trinajstić information content (AvgIpc) is 3.74. The lowest BCUT2D eigenvalue weighted by Crippen LogP contribution is -2.59. The first-order valence-corrected chi connectivity index (χ1v) is 15.8. The minimum atomic E-state index is -3.63. The maximum Gasteiger partial charge on any atom is 0.304 e. The molecule has 0 bridgehead atoms. The SMILES string of the molecule is CC[C@@]1(CC(=O)O)C[C@H](c2cccc(Cl)c2)[C@H](C[C@@](c2ccc(Cl)cc2)(C2CC2)N(C)S(=O)(=O)CC)NC1=O. The molecule has 1 saturated carbocycles. The van der Waals surface area contributed by atoms with E-state index >= 15 is 0 Å². The number of hydrogen-bond donors (Lipinski definition) is 2. The topological polar surface area (TPSA) is 104 Å². The van der Waals surface area contributed by atoms with E-state index in [9.17, 15) is 23.1 Å². The van der Waals surface area contributed by atoms with Crippen molar-refractivity contribution in [3.8, 4) is 0 Å². The summed E-state index contributed by atoms with van der Waals surface area (Å²) in [6.07, 6.45) is 2.43. The van der Waals surface area contributed by atoms with E-state index in [0.717, 1.165) is 24.0 Å². The summed E-state index contributed by atoms with van der Waals surface area (Å²) in [5, 5.41) is 14.0. The molecule has 10 heteroatoms. The van der Waals surface area contributed by atoms with Gasteiger partial charge < -0.3 is 10.4 Å². The van der Waals surface area contributed by atoms with Crippen LogP contribution in [0.5, 0.6) is 0 Å². The van der Waals surface area contributed by atoms with Gasteiger partial charge in [-0.15, -0.1) is 0 Å². The molecule has 1 aliphatic carbocycles. The lowest BCUT2D eigenvalue weighted by atomic mass is 9.64. The molecule has 1 amide bonds. The van der Waals surface area contributed by atoms with Gasteiger partial charge in [-0.1, -0.05) is 54.4 Å². The summed E-state index contributed by atoms with van der Waals surface area (Å²) in [6.45, 7) is 3.46. The fourth-order valence-electron chi connectivity index (χ4n) is 6.39. The number of amides is 1. The Kier molecular flexibility index (Phi) is 8.72. The van der Waals surface area contributed by atoms with Gasteiger partial charge in [0.2, 0.25) is 15.9 Å². The number of carbonyl (C=O) groups is 2. The Morgan fingerprint density at radius 1 is 1.13 bits per heavy atom. The molecule has 212 valence electrons. The third kappa shape index (κ3) is 5.85. The molecule has 0 unspecified atom stereocenters. The summed E-state index contributed by atoms with van der Waals surface area (Å²) in [5.41, 5.74) is -0.296. The molecule has 0 spiro atoms. The normalized spacial score (nSPS) is 25.2. The summed E-state index contributed by atoms with van der Waals surface area (Å²) in [6, 6.07) is 14.2. The molecular weight excluding hydrogens is 559 g/mol. The number of hydrogen-bond acceptors (Lipinski definition) is 4. The monoisotopic (exact) mass is 594 g/mol. The van der Waals surface area contributed by atoms with Gasteiger partial charge in [-0.3, -0.25) is 9.59 Å². The standard InChI is InChI=1S/C29H36Cl2N2O5S/c1-4-28(18-26(34)35)16-24(19-7-6-8-23(31)15-19)25(32-27(28)36)17-29(20-9-10-20,33(3)39(37,38)5-2)21-11-13-22(30)14-12-21/h6-8,11-15,20,24-25H,4-5,9-10,16-18H2,1-3H3,(H,32,36)(H,34,35)/t24-,25+,28+,29+/m1/s1. The third-order valence-corrected chi connectivity index (χ3v) is 11.2. The molecule has 2 aromatic rings. The van der Waals surface area contributed by atoms with Crippen molar-refractivity contribution in [1.82, 2.24) is 9.62 Å². The lowest BCUT2D eigenvalue weighted by Gasteiger charge is -2.49. The number of halogens is 2. The van der Waals surface area contributed by atoms with Crippen LogP contribution in [-0.2, 0) is 25.2 Å². The van der Waals surface area contributed by atoms with Crippen LogP contribution in [0.2, 0.25) is 10.0 Å². The number of piperidine rings is 1. The Labute approximate surface area is 240 Å². The highest BCUT2D eigenvalue weighted by molar-refractivity contribution is 7.89. The number of aliphatic carboxylic acids is 1. The molecule has 2 fully saturated rings. The maximum absolute atomic E-state index is 13.7. The molecule has 39 heavy (non-hydrogen) atoms. The zero-order valence-corrected chi connectivity index (χ0v) is 24.8. The van der Waals surface area contributed by atoms with Crippen molar-refractivity contribution in [3.05, 3.63) is 69.7 Å². The summed E-state index contributed by atoms with van der Waals surface area (Å²) >= 11 is 12.6. The smallest absolute Gasteiger partial charge is 0.304 e. The summed E-state index contributed by atoms with van der Waals surface area (Å²) < 4.78 is 28.3. The van der Waals surface area contributed by atoms with E-state index in [1.54, 1.807) is 32.2 Å². The van der Waals surface area contributed by atoms with Crippen molar-refractivity contribution in [2.24, 2.45) is 11.3 Å². The Morgan fingerprint density at radius 2 is 1.79 bits per heavy atom. The van der Waals surface area contributed by atoms with Gasteiger partial charge in [0, 0.05) is 29.1 Å². The van der Waals surface area contributed by atoms with Gasteiger partial charge in [0.25, 0.3) is 0 Å². The van der Waals surface area contributed by atoms with Crippen LogP contribution in [0.4, 0.5) is 0 Å². The molecule has 7 nitrogen and oxygen atoms in total. The minimum Gasteiger partial charge on any atom is -0.481 e. The van der Waals surface area contributed by atoms with Gasteiger partial charge in [0.1, 0.15) is 0 Å². The summed E-state index contributed by atoms with van der Waals surface area (Å²) in [7, 11) is -2.00. The molecule has 1 saturated heterocycles. The molecule has 2 aliphatic rings. The van der Waals surface area contributed by atoms with Crippen molar-refractivity contribution in [1.29, 1.82) is 0 Å². The number of carbonyl (C=O) groups excluding carboxylic acids is 1. The molecule has 0 aromatic heterocycles. The second-order valence-corrected chi connectivity index (χ2v) is 14.1. The molecule has 2 N–H and O–H groups in total. The number of rotatable bonds is 11. The van der Waals surface area contributed by atoms with Gasteiger partial charge in [0.15, 0.2) is 0 Å². The van der Waals surface area contributed by atoms with Gasteiger partial charge in [-0.25, -0.2) is 8.42 Å². The fourth-order valence-corrected chi connectivity index (χ4v) is 7.93. The predicted molar refractivity (Wildman–Crippen MR) is 153 cm³/mol. The van der Waals surface area contributed by atoms with Crippen LogP contribution in [0.3, 0.4) is 0 Å². The highest BCUT2D eigenvalue weighted by Gasteiger charge is 2.56. The number of carboxylic acid groups (broad SMARTS) is 1. The van der Waals surface area contributed by atoms with Crippen molar-refractivity contribution >= 4 is 45.1 Å². The number of benzene rings is 2. The van der Waals surface area contributed by atoms with E-state index in [1.165, 1.54) is 4.31 Å². The Bertz CT molecular complexity index is 1330. The van der Waals surface area contributed by atoms with E-state index in [1.807, 2.05) is 37.3 Å². The molecule has 0 radical (unpaired) electrons. The second kappa shape index (κ2) is 11.4. The third-order valence-electron chi connectivity index (χ3n) is 8.81. The van der Waals surface area contributed by atoms with E-state index in [2.05, 4.69) is 5.32 Å². The van der Waals surface area contributed by atoms with Crippen molar-refractivity contribution in [3.63, 3.8) is 0 Å². The number of carboxylic acids is 1. The summed E-state index contributed by atoms with van der Waals surface area (Å²) in [4.78, 5) is 25.5. The lowest BCUT2D eigenvalue weighted by molar-refractivity contribution is -0.149. The second-order valence-electron chi connectivity index (χ2n) is 10.9. The van der Waals surface area contributed by atoms with Crippen LogP contribution in [-0.4, -0.2) is 48.5 Å². The number of nitrogens with one attached hydrogen (secondary N) is 1. The Balaban J connectivity index is 1.87. The molecule has 4 rings (SSSR count). The van der Waals surface area contributed by atoms with Crippen LogP contribution < -0.4 is 5.32 Å². The minimum absolute atomic E-state index is 0.0544. The Hall–Kier alpha value is -2.13. The zero-order valence-electron chi connectivity index (χ0n) is 22.5. The van der Waals surface area contributed by atoms with Gasteiger partial charge >= 0.3 is 5.97 Å². The first kappa shape index (κ1) is 29.8. The number of nitrogens with zero attached hydrogens (tertiary/aromatic N) is 1. The van der Waals surface area contributed by atoms with E-state index < -0.39 is 33.0 Å². The predicted octanol–water partition coefficient (Wildman–Crippen LogP) is 5.81. The molecule has 1 heterocycles. The van der Waals surface area contributed by atoms with Crippen molar-refractivity contribution in [2.75, 3.05) is 12.8 Å². The van der Waals surface area contributed by atoms with Gasteiger partial charge in [-0.05, 0) is 80.3 Å². The largest absolute Gasteiger partial charge is 0.481 e. The quantitative estimate of drug-likeness (QED) is 0.341. The number of sulfonamides is 1. The maximum atomic E-state index is 13.7.